The molecule has 1 saturated heterocycles. The molecule has 2 N–H and O–H groups in total. The molecule has 12 heteroatoms. The Morgan fingerprint density at radius 1 is 1.12 bits per heavy atom. The molecule has 3 aromatic rings. The number of nitrogens with one attached hydrogen (secondary N) is 2. The molecule has 1 aromatic carbocycles. The number of piperazine rings is 1. The second-order valence-electron chi connectivity index (χ2n) is 7.38. The van der Waals surface area contributed by atoms with Crippen LogP contribution in [0.2, 0.25) is 0 Å². The van der Waals surface area contributed by atoms with Crippen molar-refractivity contribution >= 4 is 28.9 Å². The Balaban J connectivity index is 1.26. The predicted molar refractivity (Wildman–Crippen MR) is 116 cm³/mol. The van der Waals surface area contributed by atoms with Gasteiger partial charge in [0.1, 0.15) is 5.75 Å². The molecule has 3 heterocycles. The normalized spacial score (nSPS) is 13.9. The van der Waals surface area contributed by atoms with Gasteiger partial charge in [-0.15, -0.1) is 5.10 Å². The van der Waals surface area contributed by atoms with Crippen LogP contribution >= 0.6 is 0 Å². The van der Waals surface area contributed by atoms with E-state index < -0.39 is 5.56 Å². The van der Waals surface area contributed by atoms with Gasteiger partial charge in [0.25, 0.3) is 11.5 Å². The van der Waals surface area contributed by atoms with E-state index in [-0.39, 0.29) is 29.7 Å². The van der Waals surface area contributed by atoms with Crippen LogP contribution in [0.25, 0.3) is 11.2 Å². The highest BCUT2D eigenvalue weighted by Crippen LogP contribution is 2.14. The van der Waals surface area contributed by atoms with Crippen LogP contribution in [0.5, 0.6) is 5.75 Å². The van der Waals surface area contributed by atoms with Gasteiger partial charge in [0, 0.05) is 51.8 Å². The summed E-state index contributed by atoms with van der Waals surface area (Å²) < 4.78 is 6.53. The van der Waals surface area contributed by atoms with E-state index in [1.807, 2.05) is 0 Å². The molecule has 0 bridgehead atoms. The number of rotatable bonds is 6. The second kappa shape index (κ2) is 9.04. The molecule has 2 amide bonds. The number of hydrogen-bond acceptors (Lipinski definition) is 8. The maximum Gasteiger partial charge on any atom is 0.282 e. The first-order chi connectivity index (χ1) is 15.5. The number of methoxy groups -OCH3 is 1. The Kier molecular flexibility index (Phi) is 6.01. The number of hydrogen-bond donors (Lipinski definition) is 2. The Labute approximate surface area is 183 Å². The zero-order valence-corrected chi connectivity index (χ0v) is 17.9. The van der Waals surface area contributed by atoms with Crippen LogP contribution in [0.1, 0.15) is 16.8 Å². The minimum Gasteiger partial charge on any atom is -0.497 e. The van der Waals surface area contributed by atoms with Gasteiger partial charge in [-0.2, -0.15) is 4.98 Å². The van der Waals surface area contributed by atoms with Gasteiger partial charge in [0.05, 0.1) is 7.11 Å². The van der Waals surface area contributed by atoms with E-state index in [1.54, 1.807) is 48.2 Å². The van der Waals surface area contributed by atoms with Crippen molar-refractivity contribution in [2.75, 3.05) is 45.2 Å². The van der Waals surface area contributed by atoms with Crippen LogP contribution in [0.15, 0.2) is 29.1 Å². The number of H-pyrrole nitrogens is 1. The molecule has 1 aliphatic rings. The van der Waals surface area contributed by atoms with Crippen molar-refractivity contribution in [3.63, 3.8) is 0 Å². The highest BCUT2D eigenvalue weighted by atomic mass is 16.5. The third-order valence-electron chi connectivity index (χ3n) is 5.35. The van der Waals surface area contributed by atoms with Crippen molar-refractivity contribution in [1.82, 2.24) is 34.8 Å². The van der Waals surface area contributed by atoms with Crippen molar-refractivity contribution in [1.29, 1.82) is 0 Å². The quantitative estimate of drug-likeness (QED) is 0.540. The fraction of sp³-hybridized carbons (Fsp3) is 0.400. The number of anilines is 1. The second-order valence-corrected chi connectivity index (χ2v) is 7.38. The number of nitrogens with zero attached hydrogens (tertiary/aromatic N) is 6. The first kappa shape index (κ1) is 21.3. The number of fused-ring (bicyclic) bond motifs is 1. The molecule has 0 atom stereocenters. The fourth-order valence-electron chi connectivity index (χ4n) is 3.53. The lowest BCUT2D eigenvalue weighted by Gasteiger charge is -2.35. The first-order valence-electron chi connectivity index (χ1n) is 10.2. The molecule has 32 heavy (non-hydrogen) atoms. The maximum absolute atomic E-state index is 12.7. The topological polar surface area (TPSA) is 138 Å². The van der Waals surface area contributed by atoms with Crippen LogP contribution in [-0.2, 0) is 11.8 Å². The van der Waals surface area contributed by atoms with Crippen LogP contribution in [-0.4, -0.2) is 86.4 Å². The number of ether oxygens (including phenoxy) is 1. The minimum atomic E-state index is -0.394. The van der Waals surface area contributed by atoms with Gasteiger partial charge < -0.3 is 19.9 Å². The first-order valence-corrected chi connectivity index (χ1v) is 10.2. The highest BCUT2D eigenvalue weighted by molar-refractivity contribution is 5.94. The van der Waals surface area contributed by atoms with E-state index in [4.69, 9.17) is 4.74 Å². The van der Waals surface area contributed by atoms with E-state index in [0.29, 0.717) is 49.7 Å². The van der Waals surface area contributed by atoms with Gasteiger partial charge in [0.15, 0.2) is 11.2 Å². The zero-order valence-electron chi connectivity index (χ0n) is 17.9. The molecule has 0 unspecified atom stereocenters. The van der Waals surface area contributed by atoms with Gasteiger partial charge in [0.2, 0.25) is 11.9 Å². The molecule has 0 radical (unpaired) electrons. The molecular formula is C20H24N8O4. The summed E-state index contributed by atoms with van der Waals surface area (Å²) in [7, 11) is 3.23. The third-order valence-corrected chi connectivity index (χ3v) is 5.35. The van der Waals surface area contributed by atoms with Gasteiger partial charge in [-0.25, -0.2) is 4.68 Å². The van der Waals surface area contributed by atoms with Crippen LogP contribution < -0.4 is 15.6 Å². The molecule has 2 aromatic heterocycles. The Hall–Kier alpha value is -3.96. The van der Waals surface area contributed by atoms with Crippen LogP contribution in [0.3, 0.4) is 0 Å². The van der Waals surface area contributed by atoms with E-state index in [1.165, 1.54) is 4.68 Å². The molecular weight excluding hydrogens is 416 g/mol. The van der Waals surface area contributed by atoms with Gasteiger partial charge in [-0.1, -0.05) is 5.21 Å². The summed E-state index contributed by atoms with van der Waals surface area (Å²) in [4.78, 5) is 47.6. The lowest BCUT2D eigenvalue weighted by Crippen LogP contribution is -2.50. The number of amides is 2. The van der Waals surface area contributed by atoms with Crippen molar-refractivity contribution in [3.05, 3.63) is 40.2 Å². The molecule has 1 aliphatic heterocycles. The molecule has 12 nitrogen and oxygen atoms in total. The third kappa shape index (κ3) is 4.38. The lowest BCUT2D eigenvalue weighted by molar-refractivity contribution is -0.132. The predicted octanol–water partition coefficient (Wildman–Crippen LogP) is -0.153. The summed E-state index contributed by atoms with van der Waals surface area (Å²) in [5.41, 5.74) is 0.725. The molecule has 168 valence electrons. The van der Waals surface area contributed by atoms with Crippen LogP contribution in [0, 0.1) is 0 Å². The lowest BCUT2D eigenvalue weighted by atomic mass is 10.1. The molecule has 0 spiro atoms. The molecule has 0 saturated carbocycles. The van der Waals surface area contributed by atoms with Gasteiger partial charge in [-0.05, 0) is 24.3 Å². The standard InChI is InChI=1S/C20H24N8O4/c1-26-17-16(24-25-26)18(30)23-20(22-17)21-8-7-15(29)27-9-11-28(12-10-27)19(31)13-3-5-14(32-2)6-4-13/h3-6H,7-12H2,1-2H3,(H2,21,22,23,30). The summed E-state index contributed by atoms with van der Waals surface area (Å²) in [6, 6.07) is 6.98. The Bertz CT molecular complexity index is 1180. The van der Waals surface area contributed by atoms with Crippen molar-refractivity contribution in [2.45, 2.75) is 6.42 Å². The zero-order chi connectivity index (χ0) is 22.7. The van der Waals surface area contributed by atoms with E-state index in [2.05, 4.69) is 25.6 Å². The summed E-state index contributed by atoms with van der Waals surface area (Å²) in [6.07, 6.45) is 0.234. The van der Waals surface area contributed by atoms with E-state index in [9.17, 15) is 14.4 Å². The Morgan fingerprint density at radius 3 is 2.50 bits per heavy atom. The maximum atomic E-state index is 12.7. The fourth-order valence-corrected chi connectivity index (χ4v) is 3.53. The van der Waals surface area contributed by atoms with Crippen molar-refractivity contribution in [2.24, 2.45) is 7.05 Å². The summed E-state index contributed by atoms with van der Waals surface area (Å²) in [6.45, 7) is 2.21. The summed E-state index contributed by atoms with van der Waals surface area (Å²) in [5.74, 6) is 0.869. The monoisotopic (exact) mass is 440 g/mol. The number of aromatic nitrogens is 5. The summed E-state index contributed by atoms with van der Waals surface area (Å²) in [5, 5.41) is 10.5. The molecule has 4 rings (SSSR count). The average molecular weight is 440 g/mol. The number of aromatic amines is 1. The Morgan fingerprint density at radius 2 is 1.81 bits per heavy atom. The average Bonchev–Trinajstić information content (AvgIpc) is 3.20. The van der Waals surface area contributed by atoms with E-state index in [0.717, 1.165) is 0 Å². The molecule has 0 aliphatic carbocycles. The van der Waals surface area contributed by atoms with E-state index >= 15 is 0 Å². The largest absolute Gasteiger partial charge is 0.497 e. The highest BCUT2D eigenvalue weighted by Gasteiger charge is 2.24. The van der Waals surface area contributed by atoms with Gasteiger partial charge in [-0.3, -0.25) is 19.4 Å². The summed E-state index contributed by atoms with van der Waals surface area (Å²) >= 11 is 0. The smallest absolute Gasteiger partial charge is 0.282 e. The molecule has 1 fully saturated rings. The van der Waals surface area contributed by atoms with Crippen LogP contribution in [0.4, 0.5) is 5.95 Å². The van der Waals surface area contributed by atoms with Gasteiger partial charge >= 0.3 is 0 Å². The minimum absolute atomic E-state index is 0.0281. The number of aryl methyl sites for hydroxylation is 1. The number of carbonyl (C=O) groups is 2. The number of benzene rings is 1. The SMILES string of the molecule is COc1ccc(C(=O)N2CCN(C(=O)CCNc3nc4c(nnn4C)c(=O)[nH]3)CC2)cc1. The van der Waals surface area contributed by atoms with Crippen molar-refractivity contribution < 1.29 is 14.3 Å². The number of carbonyl (C=O) groups excluding carboxylic acids is 2. The van der Waals surface area contributed by atoms with Crippen molar-refractivity contribution in [3.8, 4) is 5.75 Å².